The lowest BCUT2D eigenvalue weighted by Crippen LogP contribution is -2.61. The van der Waals surface area contributed by atoms with E-state index in [1.807, 2.05) is 11.3 Å². The minimum Gasteiger partial charge on any atom is -0.311 e. The van der Waals surface area contributed by atoms with Gasteiger partial charge in [-0.25, -0.2) is 0 Å². The summed E-state index contributed by atoms with van der Waals surface area (Å²) in [5.41, 5.74) is 19.3. The van der Waals surface area contributed by atoms with Crippen molar-refractivity contribution in [1.82, 2.24) is 0 Å². The van der Waals surface area contributed by atoms with E-state index < -0.39 is 0 Å². The molecule has 70 heavy (non-hydrogen) atoms. The van der Waals surface area contributed by atoms with Gasteiger partial charge in [-0.1, -0.05) is 158 Å². The van der Waals surface area contributed by atoms with Crippen molar-refractivity contribution in [2.75, 3.05) is 9.80 Å². The molecular weight excluding hydrogens is 864 g/mol. The van der Waals surface area contributed by atoms with Crippen LogP contribution in [0, 0.1) is 0 Å². The molecule has 0 radical (unpaired) electrons. The van der Waals surface area contributed by atoms with Crippen molar-refractivity contribution in [3.63, 3.8) is 0 Å². The highest BCUT2D eigenvalue weighted by Gasteiger charge is 2.49. The fraction of sp³-hybridized carbons (Fsp3) is 0.424. The summed E-state index contributed by atoms with van der Waals surface area (Å²) in [7, 11) is 0. The van der Waals surface area contributed by atoms with Gasteiger partial charge in [0.05, 0.1) is 11.9 Å². The molecule has 1 aromatic heterocycles. The van der Waals surface area contributed by atoms with Crippen LogP contribution in [-0.4, -0.2) is 6.71 Å². The maximum absolute atomic E-state index is 9.53. The number of benzene rings is 6. The van der Waals surface area contributed by atoms with Crippen molar-refractivity contribution >= 4 is 78.0 Å². The highest BCUT2D eigenvalue weighted by Crippen LogP contribution is 2.55. The zero-order chi connectivity index (χ0) is 53.8. The van der Waals surface area contributed by atoms with Crippen molar-refractivity contribution in [3.05, 3.63) is 148 Å². The van der Waals surface area contributed by atoms with E-state index in [4.69, 9.17) is 4.11 Å². The SMILES string of the molecule is [2H]c1c([2H])c([2H])c(-c2cc3c4c(c2)N(c2ccc(C(C)(C)C)cc2)c2sc5cc6c(cc5c2B4c2cc4c(cc2N3c2ccc3c(c2)C(C)(C)CCC3(C)C)C(C)(C)CCC4(C)C)C(C)(C)CCC6(C)C)c([2H])c1[2H]. The second kappa shape index (κ2) is 14.8. The van der Waals surface area contributed by atoms with Crippen molar-refractivity contribution in [2.24, 2.45) is 0 Å². The number of hydrogen-bond donors (Lipinski definition) is 0. The van der Waals surface area contributed by atoms with Gasteiger partial charge in [0.15, 0.2) is 0 Å². The third kappa shape index (κ3) is 6.77. The predicted octanol–water partition coefficient (Wildman–Crippen LogP) is 17.0. The second-order valence-corrected chi connectivity index (χ2v) is 28.1. The lowest BCUT2D eigenvalue weighted by Gasteiger charge is -2.47. The van der Waals surface area contributed by atoms with Gasteiger partial charge in [-0.3, -0.25) is 0 Å². The van der Waals surface area contributed by atoms with Gasteiger partial charge in [0, 0.05) is 33.1 Å². The van der Waals surface area contributed by atoms with Crippen molar-refractivity contribution in [3.8, 4) is 11.1 Å². The Morgan fingerprint density at radius 1 is 0.471 bits per heavy atom. The van der Waals surface area contributed by atoms with E-state index in [0.717, 1.165) is 67.0 Å². The summed E-state index contributed by atoms with van der Waals surface area (Å²) < 4.78 is 47.1. The summed E-state index contributed by atoms with van der Waals surface area (Å²) >= 11 is 1.88. The number of thiophene rings is 1. The highest BCUT2D eigenvalue weighted by molar-refractivity contribution is 7.26. The van der Waals surface area contributed by atoms with Gasteiger partial charge in [0.25, 0.3) is 6.71 Å². The van der Waals surface area contributed by atoms with Crippen molar-refractivity contribution in [2.45, 2.75) is 180 Å². The first-order valence-electron chi connectivity index (χ1n) is 28.8. The number of nitrogens with zero attached hydrogens (tertiary/aromatic N) is 2. The predicted molar refractivity (Wildman–Crippen MR) is 306 cm³/mol. The number of fused-ring (bicyclic) bond motifs is 9. The zero-order valence-corrected chi connectivity index (χ0v) is 45.4. The fourth-order valence-corrected chi connectivity index (χ4v) is 14.8. The normalized spacial score (nSPS) is 21.5. The lowest BCUT2D eigenvalue weighted by atomic mass is 9.33. The van der Waals surface area contributed by atoms with E-state index in [2.05, 4.69) is 193 Å². The van der Waals surface area contributed by atoms with E-state index in [1.54, 1.807) is 0 Å². The molecule has 2 aliphatic heterocycles. The minimum atomic E-state index is -0.386. The number of rotatable bonds is 3. The van der Waals surface area contributed by atoms with E-state index in [9.17, 15) is 2.74 Å². The maximum Gasteiger partial charge on any atom is 0.254 e. The molecule has 0 atom stereocenters. The van der Waals surface area contributed by atoms with Crippen LogP contribution < -0.4 is 26.2 Å². The van der Waals surface area contributed by atoms with Gasteiger partial charge in [0.1, 0.15) is 0 Å². The highest BCUT2D eigenvalue weighted by atomic mass is 32.1. The second-order valence-electron chi connectivity index (χ2n) is 27.0. The Hall–Kier alpha value is -5.06. The van der Waals surface area contributed by atoms with Gasteiger partial charge in [0.2, 0.25) is 0 Å². The molecule has 12 rings (SSSR count). The summed E-state index contributed by atoms with van der Waals surface area (Å²) in [6.07, 6.45) is 6.63. The van der Waals surface area contributed by atoms with Crippen LogP contribution in [0.5, 0.6) is 0 Å². The number of anilines is 6. The molecule has 4 heteroatoms. The van der Waals surface area contributed by atoms with Crippen LogP contribution in [0.3, 0.4) is 0 Å². The van der Waals surface area contributed by atoms with E-state index >= 15 is 0 Å². The summed E-state index contributed by atoms with van der Waals surface area (Å²) in [5, 5.41) is 2.48. The van der Waals surface area contributed by atoms with Gasteiger partial charge >= 0.3 is 0 Å². The molecule has 0 unspecified atom stereocenters. The topological polar surface area (TPSA) is 6.48 Å². The first-order chi connectivity index (χ1) is 34.8. The molecule has 2 nitrogen and oxygen atoms in total. The van der Waals surface area contributed by atoms with Crippen LogP contribution in [0.1, 0.15) is 188 Å². The summed E-state index contributed by atoms with van der Waals surface area (Å²) in [6, 6.07) is 29.5. The zero-order valence-electron chi connectivity index (χ0n) is 49.6. The first-order valence-corrected chi connectivity index (χ1v) is 27.1. The van der Waals surface area contributed by atoms with Crippen LogP contribution in [-0.2, 0) is 37.9 Å². The van der Waals surface area contributed by atoms with Gasteiger partial charge < -0.3 is 9.80 Å². The molecule has 0 N–H and O–H groups in total. The first kappa shape index (κ1) is 40.5. The van der Waals surface area contributed by atoms with E-state index in [-0.39, 0.29) is 80.4 Å². The average molecular weight is 944 g/mol. The van der Waals surface area contributed by atoms with Gasteiger partial charge in [-0.2, -0.15) is 0 Å². The van der Waals surface area contributed by atoms with Gasteiger partial charge in [-0.05, 0) is 203 Å². The Bertz CT molecular complexity index is 3600. The molecule has 0 saturated carbocycles. The Kier molecular flexibility index (Phi) is 8.56. The standard InChI is InChI=1S/C66H75BN2S/c1-60(2,3)42-21-23-43(24-22-42)69-55-34-41(40-19-17-16-18-20-40)33-54-58(55)67(57-45-36-48-51(39-56(45)70-59(57)69)66(14,15)32-29-63(48,8)9)52-37-49-50(65(12,13)31-30-64(49,10)11)38-53(52)68(54)44-25-26-46-47(35-44)62(6,7)28-27-61(46,4)5/h16-26,33-39H,27-32H2,1-15H3/i16D,17D,18D,19D,20D. The Morgan fingerprint density at radius 3 is 1.53 bits per heavy atom. The Labute approximate surface area is 432 Å². The van der Waals surface area contributed by atoms with E-state index in [0.29, 0.717) is 5.56 Å². The van der Waals surface area contributed by atoms with E-state index in [1.165, 1.54) is 70.4 Å². The molecule has 3 aliphatic carbocycles. The Morgan fingerprint density at radius 2 is 0.957 bits per heavy atom. The fourth-order valence-electron chi connectivity index (χ4n) is 13.5. The molecule has 0 amide bonds. The third-order valence-corrected chi connectivity index (χ3v) is 19.7. The third-order valence-electron chi connectivity index (χ3n) is 18.5. The minimum absolute atomic E-state index is 0.00233. The molecule has 7 aromatic rings. The Balaban J connectivity index is 1.28. The average Bonchev–Trinajstić information content (AvgIpc) is 3.75. The van der Waals surface area contributed by atoms with Crippen LogP contribution in [0.2, 0.25) is 0 Å². The summed E-state index contributed by atoms with van der Waals surface area (Å²) in [4.78, 5) is 5.00. The molecule has 5 aliphatic rings. The summed E-state index contributed by atoms with van der Waals surface area (Å²) in [5.74, 6) is 0. The quantitative estimate of drug-likeness (QED) is 0.163. The van der Waals surface area contributed by atoms with Crippen molar-refractivity contribution in [1.29, 1.82) is 0 Å². The van der Waals surface area contributed by atoms with Crippen LogP contribution >= 0.6 is 11.3 Å². The lowest BCUT2D eigenvalue weighted by molar-refractivity contribution is 0.332. The number of hydrogen-bond acceptors (Lipinski definition) is 3. The maximum atomic E-state index is 9.53. The van der Waals surface area contributed by atoms with Crippen molar-refractivity contribution < 1.29 is 6.85 Å². The van der Waals surface area contributed by atoms with Crippen LogP contribution in [0.4, 0.5) is 33.4 Å². The molecule has 0 bridgehead atoms. The molecular formula is C66H75BN2S. The van der Waals surface area contributed by atoms with Crippen LogP contribution in [0.25, 0.3) is 21.2 Å². The molecule has 0 fully saturated rings. The van der Waals surface area contributed by atoms with Crippen LogP contribution in [0.15, 0.2) is 109 Å². The molecule has 0 spiro atoms. The smallest absolute Gasteiger partial charge is 0.254 e. The monoisotopic (exact) mass is 944 g/mol. The van der Waals surface area contributed by atoms with Gasteiger partial charge in [-0.15, -0.1) is 11.3 Å². The summed E-state index contributed by atoms with van der Waals surface area (Å²) in [6.45, 7) is 35.7. The molecule has 6 aromatic carbocycles. The molecule has 358 valence electrons. The molecule has 3 heterocycles. The largest absolute Gasteiger partial charge is 0.311 e. The molecule has 0 saturated heterocycles.